The summed E-state index contributed by atoms with van der Waals surface area (Å²) in [6, 6.07) is 18.0. The molecule has 28 heavy (non-hydrogen) atoms. The Hall–Kier alpha value is -3.28. The van der Waals surface area contributed by atoms with E-state index < -0.39 is 0 Å². The first-order valence-corrected chi connectivity index (χ1v) is 9.36. The van der Waals surface area contributed by atoms with Crippen LogP contribution in [0.15, 0.2) is 70.3 Å². The van der Waals surface area contributed by atoms with Crippen LogP contribution >= 0.6 is 0 Å². The molecule has 0 atom stereocenters. The van der Waals surface area contributed by atoms with Crippen LogP contribution in [0, 0.1) is 0 Å². The predicted octanol–water partition coefficient (Wildman–Crippen LogP) is 3.65. The predicted molar refractivity (Wildman–Crippen MR) is 111 cm³/mol. The Labute approximate surface area is 165 Å². The second kappa shape index (κ2) is 10.2. The molecule has 0 radical (unpaired) electrons. The van der Waals surface area contributed by atoms with Crippen molar-refractivity contribution in [1.82, 2.24) is 15.6 Å². The quantitative estimate of drug-likeness (QED) is 0.356. The topological polar surface area (TPSA) is 71.7 Å². The van der Waals surface area contributed by atoms with Crippen molar-refractivity contribution in [3.63, 3.8) is 0 Å². The van der Waals surface area contributed by atoms with Crippen molar-refractivity contribution >= 4 is 5.96 Å². The molecular formula is C22H26N4O2. The molecule has 0 unspecified atom stereocenters. The van der Waals surface area contributed by atoms with Gasteiger partial charge >= 0.3 is 0 Å². The number of aliphatic imine (C=N–C) groups is 1. The molecule has 0 aliphatic carbocycles. The molecular weight excluding hydrogens is 352 g/mol. The Morgan fingerprint density at radius 2 is 1.96 bits per heavy atom. The second-order valence-electron chi connectivity index (χ2n) is 6.32. The van der Waals surface area contributed by atoms with Gasteiger partial charge in [0.05, 0.1) is 19.3 Å². The number of aryl methyl sites for hydroxylation is 1. The lowest BCUT2D eigenvalue weighted by Gasteiger charge is -2.11. The van der Waals surface area contributed by atoms with Crippen LogP contribution in [0.1, 0.15) is 17.7 Å². The van der Waals surface area contributed by atoms with Gasteiger partial charge in [-0.3, -0.25) is 4.99 Å². The number of guanidine groups is 1. The highest BCUT2D eigenvalue weighted by Gasteiger charge is 2.07. The molecule has 0 spiro atoms. The van der Waals surface area contributed by atoms with Gasteiger partial charge in [-0.2, -0.15) is 0 Å². The van der Waals surface area contributed by atoms with Crippen molar-refractivity contribution in [2.75, 3.05) is 20.7 Å². The first-order chi connectivity index (χ1) is 13.8. The summed E-state index contributed by atoms with van der Waals surface area (Å²) in [5, 5.41) is 6.59. The third-order valence-corrected chi connectivity index (χ3v) is 4.30. The normalized spacial score (nSPS) is 11.3. The molecule has 0 saturated carbocycles. The standard InChI is InChI=1S/C22H26N4O2/c1-23-22(24-13-7-9-17-8-6-12-20(14-17)27-2)25-15-19-16-28-21(26-19)18-10-4-3-5-11-18/h3-6,8,10-12,14,16H,7,9,13,15H2,1-2H3,(H2,23,24,25). The van der Waals surface area contributed by atoms with Crippen LogP contribution in [0.2, 0.25) is 0 Å². The van der Waals surface area contributed by atoms with Crippen molar-refractivity contribution in [3.8, 4) is 17.2 Å². The van der Waals surface area contributed by atoms with Crippen LogP contribution in [0.3, 0.4) is 0 Å². The van der Waals surface area contributed by atoms with Gasteiger partial charge < -0.3 is 19.8 Å². The third kappa shape index (κ3) is 5.61. The first-order valence-electron chi connectivity index (χ1n) is 9.36. The van der Waals surface area contributed by atoms with E-state index in [2.05, 4.69) is 32.7 Å². The van der Waals surface area contributed by atoms with E-state index >= 15 is 0 Å². The highest BCUT2D eigenvalue weighted by molar-refractivity contribution is 5.79. The van der Waals surface area contributed by atoms with Crippen molar-refractivity contribution in [3.05, 3.63) is 72.1 Å². The van der Waals surface area contributed by atoms with Crippen LogP contribution < -0.4 is 15.4 Å². The van der Waals surface area contributed by atoms with Crippen LogP contribution in [-0.4, -0.2) is 31.6 Å². The van der Waals surface area contributed by atoms with E-state index in [1.165, 1.54) is 5.56 Å². The lowest BCUT2D eigenvalue weighted by molar-refractivity contribution is 0.414. The molecule has 0 saturated heterocycles. The van der Waals surface area contributed by atoms with Gasteiger partial charge in [-0.1, -0.05) is 30.3 Å². The van der Waals surface area contributed by atoms with E-state index in [0.717, 1.165) is 42.4 Å². The molecule has 3 aromatic rings. The summed E-state index contributed by atoms with van der Waals surface area (Å²) in [6.07, 6.45) is 3.65. The molecule has 0 bridgehead atoms. The molecule has 1 aromatic heterocycles. The smallest absolute Gasteiger partial charge is 0.226 e. The van der Waals surface area contributed by atoms with E-state index in [9.17, 15) is 0 Å². The molecule has 6 nitrogen and oxygen atoms in total. The van der Waals surface area contributed by atoms with Gasteiger partial charge in [0.15, 0.2) is 5.96 Å². The third-order valence-electron chi connectivity index (χ3n) is 4.30. The Balaban J connectivity index is 1.42. The van der Waals surface area contributed by atoms with Crippen LogP contribution in [0.4, 0.5) is 0 Å². The zero-order valence-electron chi connectivity index (χ0n) is 16.3. The minimum atomic E-state index is 0.548. The van der Waals surface area contributed by atoms with Gasteiger partial charge in [-0.25, -0.2) is 4.98 Å². The monoisotopic (exact) mass is 378 g/mol. The zero-order valence-corrected chi connectivity index (χ0v) is 16.3. The molecule has 2 N–H and O–H groups in total. The first kappa shape index (κ1) is 19.5. The SMILES string of the molecule is CN=C(NCCCc1cccc(OC)c1)NCc1coc(-c2ccccc2)n1. The largest absolute Gasteiger partial charge is 0.497 e. The fraction of sp³-hybridized carbons (Fsp3) is 0.273. The molecule has 146 valence electrons. The Morgan fingerprint density at radius 3 is 2.75 bits per heavy atom. The Morgan fingerprint density at radius 1 is 1.11 bits per heavy atom. The summed E-state index contributed by atoms with van der Waals surface area (Å²) in [5.74, 6) is 2.26. The minimum Gasteiger partial charge on any atom is -0.497 e. The number of rotatable bonds is 8. The number of nitrogens with one attached hydrogen (secondary N) is 2. The lowest BCUT2D eigenvalue weighted by Crippen LogP contribution is -2.37. The maximum atomic E-state index is 5.56. The average Bonchev–Trinajstić information content (AvgIpc) is 3.23. The van der Waals surface area contributed by atoms with Gasteiger partial charge in [0.1, 0.15) is 12.0 Å². The Kier molecular flexibility index (Phi) is 7.07. The van der Waals surface area contributed by atoms with E-state index in [1.807, 2.05) is 42.5 Å². The second-order valence-corrected chi connectivity index (χ2v) is 6.32. The molecule has 1 heterocycles. The average molecular weight is 378 g/mol. The lowest BCUT2D eigenvalue weighted by atomic mass is 10.1. The zero-order chi connectivity index (χ0) is 19.6. The number of oxazole rings is 1. The van der Waals surface area contributed by atoms with Gasteiger partial charge in [0.2, 0.25) is 5.89 Å². The van der Waals surface area contributed by atoms with Gasteiger partial charge in [-0.05, 0) is 42.7 Å². The number of hydrogen-bond donors (Lipinski definition) is 2. The van der Waals surface area contributed by atoms with Crippen molar-refractivity contribution < 1.29 is 9.15 Å². The molecule has 0 aliphatic heterocycles. The number of benzene rings is 2. The summed E-state index contributed by atoms with van der Waals surface area (Å²) in [4.78, 5) is 8.77. The number of hydrogen-bond acceptors (Lipinski definition) is 4. The van der Waals surface area contributed by atoms with E-state index in [4.69, 9.17) is 9.15 Å². The number of ether oxygens (including phenoxy) is 1. The van der Waals surface area contributed by atoms with Gasteiger partial charge in [0.25, 0.3) is 0 Å². The van der Waals surface area contributed by atoms with E-state index in [1.54, 1.807) is 20.4 Å². The minimum absolute atomic E-state index is 0.548. The van der Waals surface area contributed by atoms with Crippen LogP contribution in [0.25, 0.3) is 11.5 Å². The molecule has 2 aromatic carbocycles. The summed E-state index contributed by atoms with van der Waals surface area (Å²) in [7, 11) is 3.45. The summed E-state index contributed by atoms with van der Waals surface area (Å²) in [6.45, 7) is 1.37. The molecule has 0 aliphatic rings. The van der Waals surface area contributed by atoms with Crippen LogP contribution in [0.5, 0.6) is 5.75 Å². The molecule has 0 fully saturated rings. The van der Waals surface area contributed by atoms with Gasteiger partial charge in [-0.15, -0.1) is 0 Å². The maximum absolute atomic E-state index is 5.56. The fourth-order valence-corrected chi connectivity index (χ4v) is 2.82. The van der Waals surface area contributed by atoms with Crippen molar-refractivity contribution in [2.45, 2.75) is 19.4 Å². The molecule has 6 heteroatoms. The van der Waals surface area contributed by atoms with E-state index in [-0.39, 0.29) is 0 Å². The van der Waals surface area contributed by atoms with E-state index in [0.29, 0.717) is 12.4 Å². The summed E-state index contributed by atoms with van der Waals surface area (Å²) in [5.41, 5.74) is 3.06. The van der Waals surface area contributed by atoms with Crippen LogP contribution in [-0.2, 0) is 13.0 Å². The fourth-order valence-electron chi connectivity index (χ4n) is 2.82. The summed E-state index contributed by atoms with van der Waals surface area (Å²) < 4.78 is 10.8. The van der Waals surface area contributed by atoms with Crippen molar-refractivity contribution in [1.29, 1.82) is 0 Å². The number of aromatic nitrogens is 1. The Bertz CT molecular complexity index is 890. The highest BCUT2D eigenvalue weighted by Crippen LogP contribution is 2.17. The van der Waals surface area contributed by atoms with Gasteiger partial charge in [0, 0.05) is 19.2 Å². The maximum Gasteiger partial charge on any atom is 0.226 e. The summed E-state index contributed by atoms with van der Waals surface area (Å²) >= 11 is 0. The number of nitrogens with zero attached hydrogens (tertiary/aromatic N) is 2. The molecule has 0 amide bonds. The van der Waals surface area contributed by atoms with Crippen molar-refractivity contribution in [2.24, 2.45) is 4.99 Å². The highest BCUT2D eigenvalue weighted by atomic mass is 16.5. The molecule has 3 rings (SSSR count). The number of methoxy groups -OCH3 is 1.